The van der Waals surface area contributed by atoms with Crippen LogP contribution in [-0.4, -0.2) is 21.9 Å². The first-order valence-electron chi connectivity index (χ1n) is 9.47. The molecule has 0 spiro atoms. The smallest absolute Gasteiger partial charge is 0.251 e. The second-order valence-corrected chi connectivity index (χ2v) is 7.58. The predicted octanol–water partition coefficient (Wildman–Crippen LogP) is 4.08. The van der Waals surface area contributed by atoms with Gasteiger partial charge < -0.3 is 15.6 Å². The van der Waals surface area contributed by atoms with E-state index in [0.29, 0.717) is 23.7 Å². The average Bonchev–Trinajstić information content (AvgIpc) is 3.59. The van der Waals surface area contributed by atoms with Crippen LogP contribution < -0.4 is 10.6 Å². The number of aromatic amines is 1. The molecule has 0 aliphatic heterocycles. The maximum absolute atomic E-state index is 14.1. The fourth-order valence-electron chi connectivity index (χ4n) is 3.29. The van der Waals surface area contributed by atoms with Gasteiger partial charge >= 0.3 is 0 Å². The van der Waals surface area contributed by atoms with Crippen molar-refractivity contribution in [1.82, 2.24) is 15.3 Å². The lowest BCUT2D eigenvalue weighted by molar-refractivity contribution is 0.0951. The van der Waals surface area contributed by atoms with E-state index in [1.807, 2.05) is 0 Å². The van der Waals surface area contributed by atoms with Crippen LogP contribution >= 0.6 is 0 Å². The lowest BCUT2D eigenvalue weighted by Gasteiger charge is -2.10. The van der Waals surface area contributed by atoms with Gasteiger partial charge in [-0.2, -0.15) is 0 Å². The molecule has 6 heteroatoms. The van der Waals surface area contributed by atoms with Crippen LogP contribution in [0.5, 0.6) is 0 Å². The highest BCUT2D eigenvalue weighted by Crippen LogP contribution is 2.40. The maximum Gasteiger partial charge on any atom is 0.251 e. The number of fused-ring (bicyclic) bond motifs is 1. The number of hydrogen-bond acceptors (Lipinski definition) is 3. The van der Waals surface area contributed by atoms with E-state index in [0.717, 1.165) is 29.4 Å². The fourth-order valence-corrected chi connectivity index (χ4v) is 3.29. The van der Waals surface area contributed by atoms with Crippen molar-refractivity contribution in [3.63, 3.8) is 0 Å². The number of amides is 1. The molecule has 2 aromatic heterocycles. The number of pyridine rings is 1. The van der Waals surface area contributed by atoms with Gasteiger partial charge in [0.1, 0.15) is 11.5 Å². The summed E-state index contributed by atoms with van der Waals surface area (Å²) in [5.74, 6) is 0.132. The van der Waals surface area contributed by atoms with Crippen LogP contribution in [0.2, 0.25) is 0 Å². The number of hydrogen-bond donors (Lipinski definition) is 3. The third-order valence-electron chi connectivity index (χ3n) is 5.19. The van der Waals surface area contributed by atoms with Gasteiger partial charge in [-0.25, -0.2) is 9.37 Å². The second kappa shape index (κ2) is 6.37. The molecule has 2 saturated carbocycles. The summed E-state index contributed by atoms with van der Waals surface area (Å²) >= 11 is 0. The predicted molar refractivity (Wildman–Crippen MR) is 102 cm³/mol. The van der Waals surface area contributed by atoms with Crippen LogP contribution in [0, 0.1) is 5.82 Å². The lowest BCUT2D eigenvalue weighted by atomic mass is 10.1. The first-order valence-corrected chi connectivity index (χ1v) is 9.47. The average molecular weight is 364 g/mol. The topological polar surface area (TPSA) is 69.8 Å². The van der Waals surface area contributed by atoms with Gasteiger partial charge in [-0.3, -0.25) is 4.79 Å². The normalized spacial score (nSPS) is 16.5. The van der Waals surface area contributed by atoms with Gasteiger partial charge in [-0.1, -0.05) is 0 Å². The molecule has 2 heterocycles. The van der Waals surface area contributed by atoms with Crippen molar-refractivity contribution in [3.05, 3.63) is 59.2 Å². The Hall–Kier alpha value is -2.89. The fraction of sp³-hybridized carbons (Fsp3) is 0.333. The summed E-state index contributed by atoms with van der Waals surface area (Å²) in [5, 5.41) is 7.10. The number of carbonyl (C=O) groups is 1. The molecular weight excluding hydrogens is 343 g/mol. The Morgan fingerprint density at radius 3 is 2.81 bits per heavy atom. The molecule has 0 bridgehead atoms. The third-order valence-corrected chi connectivity index (χ3v) is 5.19. The number of aromatic nitrogens is 2. The van der Waals surface area contributed by atoms with E-state index in [1.165, 1.54) is 30.7 Å². The number of H-pyrrole nitrogens is 1. The standard InChI is InChI=1S/C21H21FN4O/c22-17-6-3-14(21(27)25-16-4-5-16)8-19(17)23-10-12-7-15-9-18(13-1-2-13)26-20(15)24-11-12/h3,6-9,11,13,16,23H,1-2,4-5,10H2,(H,24,26)(H,25,27). The SMILES string of the molecule is O=C(NC1CC1)c1ccc(F)c(NCc2cnc3[nH]c(C4CC4)cc3c2)c1. The summed E-state index contributed by atoms with van der Waals surface area (Å²) in [6, 6.07) is 8.93. The minimum absolute atomic E-state index is 0.149. The molecule has 0 radical (unpaired) electrons. The van der Waals surface area contributed by atoms with E-state index in [-0.39, 0.29) is 17.8 Å². The summed E-state index contributed by atoms with van der Waals surface area (Å²) in [6.07, 6.45) is 6.32. The molecule has 5 rings (SSSR count). The Labute approximate surface area is 156 Å². The first-order chi connectivity index (χ1) is 13.2. The Balaban J connectivity index is 1.31. The van der Waals surface area contributed by atoms with E-state index >= 15 is 0 Å². The number of anilines is 1. The first kappa shape index (κ1) is 16.3. The largest absolute Gasteiger partial charge is 0.379 e. The van der Waals surface area contributed by atoms with Crippen LogP contribution in [-0.2, 0) is 6.54 Å². The van der Waals surface area contributed by atoms with E-state index in [1.54, 1.807) is 12.3 Å². The molecule has 0 saturated heterocycles. The zero-order valence-corrected chi connectivity index (χ0v) is 14.9. The van der Waals surface area contributed by atoms with Crippen molar-refractivity contribution < 1.29 is 9.18 Å². The Morgan fingerprint density at radius 1 is 1.19 bits per heavy atom. The van der Waals surface area contributed by atoms with Gasteiger partial charge in [0, 0.05) is 35.4 Å². The molecule has 2 aliphatic rings. The molecule has 2 fully saturated rings. The molecule has 5 nitrogen and oxygen atoms in total. The number of benzene rings is 1. The van der Waals surface area contributed by atoms with Crippen molar-refractivity contribution in [2.24, 2.45) is 0 Å². The molecule has 138 valence electrons. The third kappa shape index (κ3) is 3.52. The minimum Gasteiger partial charge on any atom is -0.379 e. The molecule has 2 aliphatic carbocycles. The van der Waals surface area contributed by atoms with Gasteiger partial charge in [-0.05, 0) is 67.5 Å². The van der Waals surface area contributed by atoms with Crippen LogP contribution in [0.1, 0.15) is 53.2 Å². The van der Waals surface area contributed by atoms with Gasteiger partial charge in [0.15, 0.2) is 0 Å². The van der Waals surface area contributed by atoms with E-state index in [2.05, 4.69) is 32.7 Å². The van der Waals surface area contributed by atoms with E-state index in [4.69, 9.17) is 0 Å². The van der Waals surface area contributed by atoms with Gasteiger partial charge in [0.2, 0.25) is 0 Å². The highest BCUT2D eigenvalue weighted by atomic mass is 19.1. The molecule has 0 atom stereocenters. The molecule has 3 aromatic rings. The second-order valence-electron chi connectivity index (χ2n) is 7.58. The van der Waals surface area contributed by atoms with Crippen LogP contribution in [0.15, 0.2) is 36.5 Å². The van der Waals surface area contributed by atoms with Crippen molar-refractivity contribution in [1.29, 1.82) is 0 Å². The molecular formula is C21H21FN4O. The summed E-state index contributed by atoms with van der Waals surface area (Å²) in [5.41, 5.74) is 3.91. The highest BCUT2D eigenvalue weighted by molar-refractivity contribution is 5.95. The summed E-state index contributed by atoms with van der Waals surface area (Å²) in [7, 11) is 0. The van der Waals surface area contributed by atoms with E-state index in [9.17, 15) is 9.18 Å². The molecule has 3 N–H and O–H groups in total. The molecule has 1 aromatic carbocycles. The van der Waals surface area contributed by atoms with Gasteiger partial charge in [-0.15, -0.1) is 0 Å². The van der Waals surface area contributed by atoms with Crippen molar-refractivity contribution in [2.45, 2.75) is 44.2 Å². The van der Waals surface area contributed by atoms with Crippen LogP contribution in [0.25, 0.3) is 11.0 Å². The van der Waals surface area contributed by atoms with Crippen molar-refractivity contribution in [2.75, 3.05) is 5.32 Å². The van der Waals surface area contributed by atoms with Crippen molar-refractivity contribution >= 4 is 22.6 Å². The van der Waals surface area contributed by atoms with Crippen molar-refractivity contribution in [3.8, 4) is 0 Å². The Bertz CT molecular complexity index is 1020. The summed E-state index contributed by atoms with van der Waals surface area (Å²) < 4.78 is 14.1. The zero-order valence-electron chi connectivity index (χ0n) is 14.9. The number of nitrogens with zero attached hydrogens (tertiary/aromatic N) is 1. The summed E-state index contributed by atoms with van der Waals surface area (Å²) in [4.78, 5) is 20.0. The number of nitrogens with one attached hydrogen (secondary N) is 3. The van der Waals surface area contributed by atoms with Crippen LogP contribution in [0.3, 0.4) is 0 Å². The summed E-state index contributed by atoms with van der Waals surface area (Å²) in [6.45, 7) is 0.442. The quantitative estimate of drug-likeness (QED) is 0.617. The maximum atomic E-state index is 14.1. The highest BCUT2D eigenvalue weighted by Gasteiger charge is 2.25. The van der Waals surface area contributed by atoms with Gasteiger partial charge in [0.05, 0.1) is 5.69 Å². The number of rotatable bonds is 6. The van der Waals surface area contributed by atoms with Crippen LogP contribution in [0.4, 0.5) is 10.1 Å². The van der Waals surface area contributed by atoms with E-state index < -0.39 is 0 Å². The Morgan fingerprint density at radius 2 is 2.04 bits per heavy atom. The lowest BCUT2D eigenvalue weighted by Crippen LogP contribution is -2.25. The minimum atomic E-state index is -0.371. The number of carbonyl (C=O) groups excluding carboxylic acids is 1. The number of halogens is 1. The molecule has 1 amide bonds. The van der Waals surface area contributed by atoms with Gasteiger partial charge in [0.25, 0.3) is 5.91 Å². The Kier molecular flexibility index (Phi) is 3.85. The molecule has 27 heavy (non-hydrogen) atoms. The monoisotopic (exact) mass is 364 g/mol. The zero-order chi connectivity index (χ0) is 18.4. The molecule has 0 unspecified atom stereocenters.